The molecule has 6 nitrogen and oxygen atoms in total. The molecule has 0 aliphatic heterocycles. The van der Waals surface area contributed by atoms with Gasteiger partial charge < -0.3 is 15.4 Å². The van der Waals surface area contributed by atoms with Crippen LogP contribution in [0.4, 0.5) is 5.69 Å². The van der Waals surface area contributed by atoms with Crippen LogP contribution in [0.5, 0.6) is 5.75 Å². The zero-order valence-electron chi connectivity index (χ0n) is 18.6. The highest BCUT2D eigenvalue weighted by atomic mass is 16.5. The molecule has 0 aliphatic rings. The molecule has 0 bridgehead atoms. The van der Waals surface area contributed by atoms with Crippen molar-refractivity contribution in [3.8, 4) is 5.75 Å². The number of hydrogen-bond acceptors (Lipinski definition) is 4. The normalized spacial score (nSPS) is 12.0. The summed E-state index contributed by atoms with van der Waals surface area (Å²) in [5.41, 5.74) is 3.06. The van der Waals surface area contributed by atoms with E-state index in [1.54, 1.807) is 43.3 Å². The number of benzene rings is 2. The first-order chi connectivity index (χ1) is 14.3. The van der Waals surface area contributed by atoms with Gasteiger partial charge in [0.25, 0.3) is 0 Å². The van der Waals surface area contributed by atoms with Crippen molar-refractivity contribution in [1.29, 1.82) is 0 Å². The van der Waals surface area contributed by atoms with Gasteiger partial charge in [-0.1, -0.05) is 45.0 Å². The van der Waals surface area contributed by atoms with Crippen LogP contribution in [-0.4, -0.2) is 44.0 Å². The lowest BCUT2D eigenvalue weighted by Crippen LogP contribution is -2.41. The maximum Gasteiger partial charge on any atom is 0.238 e. The van der Waals surface area contributed by atoms with Crippen molar-refractivity contribution in [2.24, 2.45) is 5.92 Å². The second-order valence-electron chi connectivity index (χ2n) is 7.83. The van der Waals surface area contributed by atoms with Crippen molar-refractivity contribution in [3.63, 3.8) is 0 Å². The number of carbonyl (C=O) groups is 2. The third-order valence-electron chi connectivity index (χ3n) is 4.93. The topological polar surface area (TPSA) is 70.7 Å². The van der Waals surface area contributed by atoms with Crippen molar-refractivity contribution in [1.82, 2.24) is 10.2 Å². The molecular weight excluding hydrogens is 378 g/mol. The molecule has 0 aromatic heterocycles. The average molecular weight is 412 g/mol. The fraction of sp³-hybridized carbons (Fsp3) is 0.417. The molecule has 2 aromatic rings. The molecule has 2 aromatic carbocycles. The fourth-order valence-corrected chi connectivity index (χ4v) is 3.24. The number of likely N-dealkylation sites (N-methyl/N-ethyl adjacent to an activating group) is 1. The Balaban J connectivity index is 1.87. The Morgan fingerprint density at radius 3 is 2.10 bits per heavy atom. The summed E-state index contributed by atoms with van der Waals surface area (Å²) in [7, 11) is 3.35. The van der Waals surface area contributed by atoms with Gasteiger partial charge in [-0.2, -0.15) is 0 Å². The summed E-state index contributed by atoms with van der Waals surface area (Å²) in [4.78, 5) is 26.5. The van der Waals surface area contributed by atoms with E-state index in [0.717, 1.165) is 17.7 Å². The summed E-state index contributed by atoms with van der Waals surface area (Å²) in [6.45, 7) is 6.57. The molecular formula is C24H33N3O3. The van der Waals surface area contributed by atoms with Gasteiger partial charge in [0.1, 0.15) is 5.75 Å². The predicted molar refractivity (Wildman–Crippen MR) is 121 cm³/mol. The predicted octanol–water partition coefficient (Wildman–Crippen LogP) is 3.64. The molecule has 2 amide bonds. The van der Waals surface area contributed by atoms with E-state index in [1.807, 2.05) is 0 Å². The third kappa shape index (κ3) is 7.19. The van der Waals surface area contributed by atoms with Crippen LogP contribution in [0.15, 0.2) is 48.5 Å². The molecule has 0 radical (unpaired) electrons. The number of carbonyl (C=O) groups excluding carboxylic acids is 2. The van der Waals surface area contributed by atoms with Gasteiger partial charge in [0.15, 0.2) is 0 Å². The second kappa shape index (κ2) is 11.4. The van der Waals surface area contributed by atoms with Gasteiger partial charge in [-0.15, -0.1) is 0 Å². The minimum Gasteiger partial charge on any atom is -0.497 e. The van der Waals surface area contributed by atoms with Crippen molar-refractivity contribution >= 4 is 17.5 Å². The van der Waals surface area contributed by atoms with Crippen LogP contribution in [0.2, 0.25) is 0 Å². The Bertz CT molecular complexity index is 817. The van der Waals surface area contributed by atoms with Crippen LogP contribution in [0.3, 0.4) is 0 Å². The maximum absolute atomic E-state index is 12.6. The molecule has 2 N–H and O–H groups in total. The van der Waals surface area contributed by atoms with Crippen LogP contribution in [0, 0.1) is 5.92 Å². The number of ether oxygens (including phenoxy) is 1. The molecule has 0 fully saturated rings. The van der Waals surface area contributed by atoms with Crippen LogP contribution >= 0.6 is 0 Å². The van der Waals surface area contributed by atoms with E-state index < -0.39 is 0 Å². The zero-order chi connectivity index (χ0) is 22.1. The van der Waals surface area contributed by atoms with Crippen molar-refractivity contribution in [2.75, 3.05) is 32.6 Å². The largest absolute Gasteiger partial charge is 0.497 e. The molecule has 0 saturated heterocycles. The number of rotatable bonds is 10. The van der Waals surface area contributed by atoms with Crippen molar-refractivity contribution < 1.29 is 14.3 Å². The van der Waals surface area contributed by atoms with Gasteiger partial charge in [-0.25, -0.2) is 0 Å². The molecule has 30 heavy (non-hydrogen) atoms. The van der Waals surface area contributed by atoms with Gasteiger partial charge >= 0.3 is 0 Å². The molecule has 0 saturated carbocycles. The van der Waals surface area contributed by atoms with Gasteiger partial charge in [0.2, 0.25) is 11.8 Å². The third-order valence-corrected chi connectivity index (χ3v) is 4.93. The first-order valence-electron chi connectivity index (χ1n) is 10.3. The van der Waals surface area contributed by atoms with E-state index >= 15 is 0 Å². The number of nitrogens with zero attached hydrogens (tertiary/aromatic N) is 1. The van der Waals surface area contributed by atoms with Crippen molar-refractivity contribution in [2.45, 2.75) is 33.2 Å². The highest BCUT2D eigenvalue weighted by Gasteiger charge is 2.19. The zero-order valence-corrected chi connectivity index (χ0v) is 18.6. The Labute approximate surface area is 179 Å². The summed E-state index contributed by atoms with van der Waals surface area (Å²) in [5.74, 6) is 0.704. The monoisotopic (exact) mass is 411 g/mol. The first-order valence-corrected chi connectivity index (χ1v) is 10.3. The molecule has 0 unspecified atom stereocenters. The van der Waals surface area contributed by atoms with Crippen molar-refractivity contribution in [3.05, 3.63) is 59.7 Å². The number of hydrogen-bond donors (Lipinski definition) is 2. The standard InChI is InChI=1S/C24H33N3O3/c1-6-18-7-9-19(10-8-18)24(17(2)3)26-23(29)16-27(4)15-22(28)25-20-11-13-21(30-5)14-12-20/h7-14,17,24H,6,15-16H2,1-5H3,(H,25,28)(H,26,29)/t24-/m0/s1. The van der Waals surface area contributed by atoms with E-state index in [2.05, 4.69) is 55.7 Å². The molecule has 0 aliphatic carbocycles. The number of aryl methyl sites for hydroxylation is 1. The van der Waals surface area contributed by atoms with Crippen LogP contribution < -0.4 is 15.4 Å². The summed E-state index contributed by atoms with van der Waals surface area (Å²) in [6.07, 6.45) is 0.988. The SMILES string of the molecule is CCc1ccc([C@@H](NC(=O)CN(C)CC(=O)Nc2ccc(OC)cc2)C(C)C)cc1. The Morgan fingerprint density at radius 1 is 0.967 bits per heavy atom. The van der Waals surface area contributed by atoms with E-state index in [9.17, 15) is 9.59 Å². The van der Waals surface area contributed by atoms with Gasteiger partial charge in [-0.05, 0) is 54.8 Å². The van der Waals surface area contributed by atoms with Crippen LogP contribution in [0.1, 0.15) is 37.9 Å². The van der Waals surface area contributed by atoms with E-state index in [4.69, 9.17) is 4.74 Å². The minimum atomic E-state index is -0.175. The molecule has 1 atom stereocenters. The average Bonchev–Trinajstić information content (AvgIpc) is 2.72. The number of nitrogens with one attached hydrogen (secondary N) is 2. The highest BCUT2D eigenvalue weighted by molar-refractivity contribution is 5.92. The van der Waals surface area contributed by atoms with Crippen LogP contribution in [0.25, 0.3) is 0 Å². The number of amides is 2. The number of anilines is 1. The van der Waals surface area contributed by atoms with Gasteiger partial charge in [0, 0.05) is 5.69 Å². The minimum absolute atomic E-state index is 0.0649. The molecule has 162 valence electrons. The first kappa shape index (κ1) is 23.4. The lowest BCUT2D eigenvalue weighted by atomic mass is 9.95. The summed E-state index contributed by atoms with van der Waals surface area (Å²) >= 11 is 0. The quantitative estimate of drug-likeness (QED) is 0.626. The second-order valence-corrected chi connectivity index (χ2v) is 7.83. The Hall–Kier alpha value is -2.86. The molecule has 0 spiro atoms. The Kier molecular flexibility index (Phi) is 8.87. The van der Waals surface area contributed by atoms with Gasteiger partial charge in [-0.3, -0.25) is 14.5 Å². The smallest absolute Gasteiger partial charge is 0.238 e. The summed E-state index contributed by atoms with van der Waals surface area (Å²) < 4.78 is 5.11. The molecule has 6 heteroatoms. The molecule has 0 heterocycles. The lowest BCUT2D eigenvalue weighted by molar-refractivity contribution is -0.123. The van der Waals surface area contributed by atoms with E-state index in [0.29, 0.717) is 5.69 Å². The summed E-state index contributed by atoms with van der Waals surface area (Å²) in [6, 6.07) is 15.4. The number of methoxy groups -OCH3 is 1. The highest BCUT2D eigenvalue weighted by Crippen LogP contribution is 2.22. The lowest BCUT2D eigenvalue weighted by Gasteiger charge is -2.25. The van der Waals surface area contributed by atoms with Gasteiger partial charge in [0.05, 0.1) is 26.2 Å². The Morgan fingerprint density at radius 2 is 1.57 bits per heavy atom. The molecule has 2 rings (SSSR count). The van der Waals surface area contributed by atoms with E-state index in [1.165, 1.54) is 5.56 Å². The summed E-state index contributed by atoms with van der Waals surface area (Å²) in [5, 5.41) is 5.94. The van der Waals surface area contributed by atoms with E-state index in [-0.39, 0.29) is 36.9 Å². The van der Waals surface area contributed by atoms with Crippen LogP contribution in [-0.2, 0) is 16.0 Å². The fourth-order valence-electron chi connectivity index (χ4n) is 3.24. The maximum atomic E-state index is 12.6.